The molecule has 0 atom stereocenters. The number of amides is 1. The molecule has 9 heteroatoms. The van der Waals surface area contributed by atoms with Crippen LogP contribution in [0, 0.1) is 5.82 Å². The van der Waals surface area contributed by atoms with Gasteiger partial charge in [-0.2, -0.15) is 13.2 Å². The summed E-state index contributed by atoms with van der Waals surface area (Å²) in [5.74, 6) is -0.728. The summed E-state index contributed by atoms with van der Waals surface area (Å²) < 4.78 is 53.9. The molecule has 5 nitrogen and oxygen atoms in total. The van der Waals surface area contributed by atoms with E-state index in [-0.39, 0.29) is 18.3 Å². The molecule has 1 N–H and O–H groups in total. The van der Waals surface area contributed by atoms with E-state index in [1.54, 1.807) is 29.9 Å². The summed E-state index contributed by atoms with van der Waals surface area (Å²) in [7, 11) is 3.64. The summed E-state index contributed by atoms with van der Waals surface area (Å²) in [5.41, 5.74) is 2.32. The first kappa shape index (κ1) is 21.8. The van der Waals surface area contributed by atoms with Gasteiger partial charge in [-0.3, -0.25) is 9.80 Å². The normalized spacial score (nSPS) is 13.9. The molecule has 166 valence electrons. The summed E-state index contributed by atoms with van der Waals surface area (Å²) in [5, 5.41) is 6.51. The van der Waals surface area contributed by atoms with Crippen molar-refractivity contribution in [2.24, 2.45) is 7.05 Å². The Kier molecular flexibility index (Phi) is 5.60. The number of nitrogens with one attached hydrogen (secondary N) is 1. The predicted molar refractivity (Wildman–Crippen MR) is 110 cm³/mol. The Morgan fingerprint density at radius 3 is 2.53 bits per heavy atom. The van der Waals surface area contributed by atoms with E-state index >= 15 is 0 Å². The van der Waals surface area contributed by atoms with Gasteiger partial charge in [-0.15, -0.1) is 0 Å². The minimum absolute atomic E-state index is 0.0341. The average molecular weight is 445 g/mol. The maximum atomic E-state index is 13.4. The number of aryl methyl sites for hydroxylation is 1. The first-order valence-corrected chi connectivity index (χ1v) is 9.87. The SMILES string of the molecule is CN1Cc2c(C(=O)NCc3cccc(C(F)(F)F)c3)c[n+](C)cc2N1c1ccc(F)cc1. The van der Waals surface area contributed by atoms with E-state index in [2.05, 4.69) is 5.32 Å². The third-order valence-corrected chi connectivity index (χ3v) is 5.27. The number of anilines is 2. The minimum Gasteiger partial charge on any atom is -0.348 e. The lowest BCUT2D eigenvalue weighted by Crippen LogP contribution is -2.34. The number of alkyl halides is 3. The molecule has 0 bridgehead atoms. The fraction of sp³-hybridized carbons (Fsp3) is 0.217. The molecule has 0 unspecified atom stereocenters. The molecule has 32 heavy (non-hydrogen) atoms. The van der Waals surface area contributed by atoms with Crippen molar-refractivity contribution in [3.05, 3.63) is 89.0 Å². The molecular weight excluding hydrogens is 424 g/mol. The van der Waals surface area contributed by atoms with E-state index in [0.29, 0.717) is 17.7 Å². The standard InChI is InChI=1S/C23H20F4N4O/c1-29-12-20(22(32)28-11-15-4-3-5-16(10-15)23(25,26)27)19-13-30(2)31(21(19)14-29)18-8-6-17(24)7-9-18/h3-10,12,14H,11,13H2,1-2H3/p+1. The molecule has 1 aliphatic heterocycles. The quantitative estimate of drug-likeness (QED) is 0.486. The van der Waals surface area contributed by atoms with Crippen molar-refractivity contribution in [2.45, 2.75) is 19.3 Å². The van der Waals surface area contributed by atoms with Gasteiger partial charge in [0.1, 0.15) is 24.1 Å². The maximum Gasteiger partial charge on any atom is 0.416 e. The molecule has 0 spiro atoms. The van der Waals surface area contributed by atoms with Gasteiger partial charge in [0.25, 0.3) is 5.91 Å². The van der Waals surface area contributed by atoms with E-state index in [1.165, 1.54) is 24.3 Å². The third-order valence-electron chi connectivity index (χ3n) is 5.27. The lowest BCUT2D eigenvalue weighted by molar-refractivity contribution is -0.671. The molecular formula is C23H21F4N4O+. The van der Waals surface area contributed by atoms with Crippen LogP contribution in [0.25, 0.3) is 0 Å². The van der Waals surface area contributed by atoms with Crippen LogP contribution < -0.4 is 14.9 Å². The summed E-state index contributed by atoms with van der Waals surface area (Å²) in [6.07, 6.45) is -0.892. The first-order valence-electron chi connectivity index (χ1n) is 9.87. The molecule has 0 saturated heterocycles. The Labute approximate surface area is 182 Å². The molecule has 0 fully saturated rings. The minimum atomic E-state index is -4.44. The molecule has 2 heterocycles. The Balaban J connectivity index is 1.60. The molecule has 1 aromatic heterocycles. The molecule has 0 saturated carbocycles. The Morgan fingerprint density at radius 2 is 1.84 bits per heavy atom. The number of carbonyl (C=O) groups is 1. The lowest BCUT2D eigenvalue weighted by atomic mass is 10.1. The van der Waals surface area contributed by atoms with Crippen molar-refractivity contribution in [1.29, 1.82) is 0 Å². The van der Waals surface area contributed by atoms with Gasteiger partial charge in [-0.1, -0.05) is 12.1 Å². The third kappa shape index (κ3) is 4.29. The second-order valence-corrected chi connectivity index (χ2v) is 7.69. The van der Waals surface area contributed by atoms with Gasteiger partial charge in [-0.25, -0.2) is 14.0 Å². The van der Waals surface area contributed by atoms with Crippen LogP contribution in [-0.2, 0) is 26.3 Å². The number of hydrogen-bond acceptors (Lipinski definition) is 3. The van der Waals surface area contributed by atoms with Gasteiger partial charge < -0.3 is 5.32 Å². The molecule has 2 aromatic carbocycles. The summed E-state index contributed by atoms with van der Waals surface area (Å²) in [4.78, 5) is 13.0. The zero-order valence-corrected chi connectivity index (χ0v) is 17.4. The second kappa shape index (κ2) is 8.23. The van der Waals surface area contributed by atoms with Gasteiger partial charge in [0.2, 0.25) is 0 Å². The number of rotatable bonds is 4. The van der Waals surface area contributed by atoms with Crippen LogP contribution >= 0.6 is 0 Å². The highest BCUT2D eigenvalue weighted by Gasteiger charge is 2.33. The largest absolute Gasteiger partial charge is 0.416 e. The summed E-state index contributed by atoms with van der Waals surface area (Å²) >= 11 is 0. The van der Waals surface area contributed by atoms with Crippen molar-refractivity contribution in [1.82, 2.24) is 10.3 Å². The van der Waals surface area contributed by atoms with E-state index in [1.807, 2.05) is 23.3 Å². The number of halogens is 4. The lowest BCUT2D eigenvalue weighted by Gasteiger charge is -2.26. The van der Waals surface area contributed by atoms with E-state index in [9.17, 15) is 22.4 Å². The van der Waals surface area contributed by atoms with E-state index < -0.39 is 11.7 Å². The fourth-order valence-electron chi connectivity index (χ4n) is 3.81. The monoisotopic (exact) mass is 445 g/mol. The number of hydrazine groups is 1. The van der Waals surface area contributed by atoms with Gasteiger partial charge in [-0.05, 0) is 42.0 Å². The van der Waals surface area contributed by atoms with Crippen molar-refractivity contribution in [2.75, 3.05) is 12.1 Å². The zero-order chi connectivity index (χ0) is 23.0. The van der Waals surface area contributed by atoms with Gasteiger partial charge >= 0.3 is 6.18 Å². The van der Waals surface area contributed by atoms with Crippen LogP contribution in [0.1, 0.15) is 27.0 Å². The average Bonchev–Trinajstić information content (AvgIpc) is 3.07. The smallest absolute Gasteiger partial charge is 0.348 e. The number of fused-ring (bicyclic) bond motifs is 1. The van der Waals surface area contributed by atoms with Crippen LogP contribution in [0.4, 0.5) is 28.9 Å². The van der Waals surface area contributed by atoms with Gasteiger partial charge in [0.15, 0.2) is 12.4 Å². The van der Waals surface area contributed by atoms with Crippen LogP contribution in [-0.4, -0.2) is 18.0 Å². The Morgan fingerprint density at radius 1 is 1.12 bits per heavy atom. The molecule has 1 aliphatic rings. The van der Waals surface area contributed by atoms with Crippen molar-refractivity contribution >= 4 is 17.3 Å². The topological polar surface area (TPSA) is 39.5 Å². The number of carbonyl (C=O) groups excluding carboxylic acids is 1. The van der Waals surface area contributed by atoms with Crippen molar-refractivity contribution in [3.63, 3.8) is 0 Å². The van der Waals surface area contributed by atoms with Crippen molar-refractivity contribution in [3.8, 4) is 0 Å². The zero-order valence-electron chi connectivity index (χ0n) is 17.4. The van der Waals surface area contributed by atoms with Crippen LogP contribution in [0.3, 0.4) is 0 Å². The summed E-state index contributed by atoms with van der Waals surface area (Å²) in [6.45, 7) is 0.410. The fourth-order valence-corrected chi connectivity index (χ4v) is 3.81. The molecule has 0 radical (unpaired) electrons. The number of benzene rings is 2. The van der Waals surface area contributed by atoms with E-state index in [0.717, 1.165) is 29.1 Å². The van der Waals surface area contributed by atoms with Crippen LogP contribution in [0.2, 0.25) is 0 Å². The highest BCUT2D eigenvalue weighted by Crippen LogP contribution is 2.37. The van der Waals surface area contributed by atoms with Crippen LogP contribution in [0.5, 0.6) is 0 Å². The Bertz CT molecular complexity index is 1160. The molecule has 1 amide bonds. The first-order chi connectivity index (χ1) is 15.1. The number of pyridine rings is 1. The number of nitrogens with zero attached hydrogens (tertiary/aromatic N) is 3. The Hall–Kier alpha value is -3.46. The molecule has 3 aromatic rings. The van der Waals surface area contributed by atoms with Gasteiger partial charge in [0, 0.05) is 25.7 Å². The van der Waals surface area contributed by atoms with Crippen molar-refractivity contribution < 1.29 is 26.9 Å². The summed E-state index contributed by atoms with van der Waals surface area (Å²) in [6, 6.07) is 10.9. The number of aromatic nitrogens is 1. The number of hydrogen-bond donors (Lipinski definition) is 1. The predicted octanol–water partition coefficient (Wildman–Crippen LogP) is 4.10. The van der Waals surface area contributed by atoms with Crippen LogP contribution in [0.15, 0.2) is 60.9 Å². The van der Waals surface area contributed by atoms with Gasteiger partial charge in [0.05, 0.1) is 11.3 Å². The molecule has 4 rings (SSSR count). The highest BCUT2D eigenvalue weighted by atomic mass is 19.4. The highest BCUT2D eigenvalue weighted by molar-refractivity contribution is 5.97. The van der Waals surface area contributed by atoms with E-state index in [4.69, 9.17) is 0 Å². The second-order valence-electron chi connectivity index (χ2n) is 7.69. The maximum absolute atomic E-state index is 13.4. The molecule has 0 aliphatic carbocycles.